The molecule has 0 spiro atoms. The van der Waals surface area contributed by atoms with Crippen LogP contribution in [0.25, 0.3) is 0 Å². The highest BCUT2D eigenvalue weighted by Gasteiger charge is 2.10. The Balaban J connectivity index is 2.22. The maximum atomic E-state index is 11.9. The quantitative estimate of drug-likeness (QED) is 0.815. The predicted molar refractivity (Wildman–Crippen MR) is 78.9 cm³/mol. The molecule has 1 aromatic heterocycles. The molecule has 2 aromatic rings. The van der Waals surface area contributed by atoms with E-state index in [-0.39, 0.29) is 11.1 Å². The Labute approximate surface area is 118 Å². The summed E-state index contributed by atoms with van der Waals surface area (Å²) in [4.78, 5) is 26.1. The Morgan fingerprint density at radius 1 is 1.17 bits per heavy atom. The molecule has 18 heavy (non-hydrogen) atoms. The second-order valence-corrected chi connectivity index (χ2v) is 5.09. The van der Waals surface area contributed by atoms with Gasteiger partial charge in [-0.05, 0) is 65.9 Å². The molecule has 2 N–H and O–H groups in total. The van der Waals surface area contributed by atoms with Gasteiger partial charge in [0, 0.05) is 15.0 Å². The predicted octanol–water partition coefficient (Wildman–Crippen LogP) is 2.54. The largest absolute Gasteiger partial charge is 0.326 e. The molecule has 0 radical (unpaired) electrons. The first kappa shape index (κ1) is 12.8. The number of H-pyrrole nitrogens is 1. The van der Waals surface area contributed by atoms with Crippen molar-refractivity contribution < 1.29 is 4.79 Å². The van der Waals surface area contributed by atoms with Crippen LogP contribution in [-0.4, -0.2) is 10.9 Å². The molecule has 2 rings (SSSR count). The van der Waals surface area contributed by atoms with Crippen LogP contribution in [0, 0.1) is 10.5 Å². The second-order valence-electron chi connectivity index (χ2n) is 3.85. The van der Waals surface area contributed by atoms with Crippen LogP contribution in [0.15, 0.2) is 41.2 Å². The highest BCUT2D eigenvalue weighted by molar-refractivity contribution is 14.1. The Morgan fingerprint density at radius 3 is 2.44 bits per heavy atom. The first-order valence-electron chi connectivity index (χ1n) is 5.33. The molecule has 0 bridgehead atoms. The number of amides is 1. The highest BCUT2D eigenvalue weighted by atomic mass is 127. The summed E-state index contributed by atoms with van der Waals surface area (Å²) in [6.45, 7) is 1.77. The van der Waals surface area contributed by atoms with Crippen molar-refractivity contribution in [2.45, 2.75) is 6.92 Å². The fourth-order valence-electron chi connectivity index (χ4n) is 1.48. The average molecular weight is 354 g/mol. The van der Waals surface area contributed by atoms with Gasteiger partial charge < -0.3 is 10.3 Å². The van der Waals surface area contributed by atoms with Crippen LogP contribution in [-0.2, 0) is 0 Å². The smallest absolute Gasteiger partial charge is 0.261 e. The highest BCUT2D eigenvalue weighted by Crippen LogP contribution is 2.11. The van der Waals surface area contributed by atoms with E-state index in [0.717, 1.165) is 9.26 Å². The molecule has 5 heteroatoms. The first-order valence-corrected chi connectivity index (χ1v) is 6.41. The summed E-state index contributed by atoms with van der Waals surface area (Å²) in [7, 11) is 0. The summed E-state index contributed by atoms with van der Waals surface area (Å²) in [5, 5.41) is 2.68. The summed E-state index contributed by atoms with van der Waals surface area (Å²) >= 11 is 2.18. The van der Waals surface area contributed by atoms with Crippen LogP contribution in [0.5, 0.6) is 0 Å². The lowest BCUT2D eigenvalue weighted by molar-refractivity contribution is 0.102. The molecule has 0 saturated heterocycles. The summed E-state index contributed by atoms with van der Waals surface area (Å²) in [6, 6.07) is 10.6. The number of aromatic amines is 1. The van der Waals surface area contributed by atoms with Crippen molar-refractivity contribution in [1.82, 2.24) is 4.98 Å². The number of halogens is 1. The molecule has 0 unspecified atom stereocenters. The minimum atomic E-state index is -0.405. The van der Waals surface area contributed by atoms with Crippen LogP contribution < -0.4 is 10.9 Å². The third-order valence-corrected chi connectivity index (χ3v) is 3.12. The molecule has 4 nitrogen and oxygen atoms in total. The summed E-state index contributed by atoms with van der Waals surface area (Å²) in [5.41, 5.74) is 1.13. The molecule has 0 aliphatic heterocycles. The SMILES string of the molecule is Cc1ccc(C(=O)Nc2ccc(I)cc2)c(=O)[nH]1. The lowest BCUT2D eigenvalue weighted by Gasteiger charge is -2.05. The number of pyridine rings is 1. The van der Waals surface area contributed by atoms with Gasteiger partial charge in [-0.1, -0.05) is 0 Å². The van der Waals surface area contributed by atoms with Crippen LogP contribution in [0.1, 0.15) is 16.1 Å². The summed E-state index contributed by atoms with van der Waals surface area (Å²) in [6.07, 6.45) is 0. The number of hydrogen-bond donors (Lipinski definition) is 2. The number of aryl methyl sites for hydroxylation is 1. The van der Waals surface area contributed by atoms with Crippen molar-refractivity contribution in [2.75, 3.05) is 5.32 Å². The van der Waals surface area contributed by atoms with Crippen LogP contribution in [0.3, 0.4) is 0 Å². The number of hydrogen-bond acceptors (Lipinski definition) is 2. The number of aromatic nitrogens is 1. The Hall–Kier alpha value is -1.63. The standard InChI is InChI=1S/C13H11IN2O2/c1-8-2-7-11(12(17)15-8)13(18)16-10-5-3-9(14)4-6-10/h2-7H,1H3,(H,15,17)(H,16,18). The van der Waals surface area contributed by atoms with Gasteiger partial charge in [0.2, 0.25) is 0 Å². The van der Waals surface area contributed by atoms with E-state index in [0.29, 0.717) is 5.69 Å². The number of nitrogens with one attached hydrogen (secondary N) is 2. The summed E-state index contributed by atoms with van der Waals surface area (Å²) in [5.74, 6) is -0.405. The van der Waals surface area contributed by atoms with Crippen LogP contribution >= 0.6 is 22.6 Å². The molecule has 0 saturated carbocycles. The van der Waals surface area contributed by atoms with Gasteiger partial charge in [-0.25, -0.2) is 0 Å². The molecule has 0 fully saturated rings. The maximum absolute atomic E-state index is 11.9. The normalized spacial score (nSPS) is 10.1. The van der Waals surface area contributed by atoms with Crippen molar-refractivity contribution in [2.24, 2.45) is 0 Å². The van der Waals surface area contributed by atoms with Gasteiger partial charge in [-0.3, -0.25) is 9.59 Å². The molecular weight excluding hydrogens is 343 g/mol. The lowest BCUT2D eigenvalue weighted by Crippen LogP contribution is -2.23. The van der Waals surface area contributed by atoms with Crippen molar-refractivity contribution in [1.29, 1.82) is 0 Å². The van der Waals surface area contributed by atoms with E-state index in [2.05, 4.69) is 32.9 Å². The number of carbonyl (C=O) groups is 1. The lowest BCUT2D eigenvalue weighted by atomic mass is 10.2. The molecule has 0 aliphatic carbocycles. The van der Waals surface area contributed by atoms with Gasteiger partial charge in [0.25, 0.3) is 11.5 Å². The van der Waals surface area contributed by atoms with Crippen molar-refractivity contribution >= 4 is 34.2 Å². The van der Waals surface area contributed by atoms with E-state index < -0.39 is 5.91 Å². The van der Waals surface area contributed by atoms with Gasteiger partial charge in [-0.2, -0.15) is 0 Å². The fourth-order valence-corrected chi connectivity index (χ4v) is 1.84. The summed E-state index contributed by atoms with van der Waals surface area (Å²) < 4.78 is 1.08. The number of carbonyl (C=O) groups excluding carboxylic acids is 1. The topological polar surface area (TPSA) is 62.0 Å². The van der Waals surface area contributed by atoms with Gasteiger partial charge in [-0.15, -0.1) is 0 Å². The fraction of sp³-hybridized carbons (Fsp3) is 0.0769. The molecule has 1 amide bonds. The third-order valence-electron chi connectivity index (χ3n) is 2.40. The average Bonchev–Trinajstić information content (AvgIpc) is 2.32. The molecule has 92 valence electrons. The van der Waals surface area contributed by atoms with Gasteiger partial charge in [0.05, 0.1) is 0 Å². The Bertz CT molecular complexity index is 632. The second kappa shape index (κ2) is 5.34. The Morgan fingerprint density at radius 2 is 1.83 bits per heavy atom. The zero-order valence-corrected chi connectivity index (χ0v) is 11.8. The van der Waals surface area contributed by atoms with Gasteiger partial charge in [0.1, 0.15) is 5.56 Å². The monoisotopic (exact) mass is 354 g/mol. The van der Waals surface area contributed by atoms with E-state index in [4.69, 9.17) is 0 Å². The maximum Gasteiger partial charge on any atom is 0.261 e. The van der Waals surface area contributed by atoms with E-state index >= 15 is 0 Å². The first-order chi connectivity index (χ1) is 8.56. The minimum Gasteiger partial charge on any atom is -0.326 e. The minimum absolute atomic E-state index is 0.110. The number of benzene rings is 1. The zero-order chi connectivity index (χ0) is 13.1. The van der Waals surface area contributed by atoms with E-state index in [1.165, 1.54) is 6.07 Å². The molecular formula is C13H11IN2O2. The zero-order valence-electron chi connectivity index (χ0n) is 9.66. The van der Waals surface area contributed by atoms with Crippen molar-refractivity contribution in [3.8, 4) is 0 Å². The number of anilines is 1. The van der Waals surface area contributed by atoms with Gasteiger partial charge in [0.15, 0.2) is 0 Å². The molecule has 1 aromatic carbocycles. The van der Waals surface area contributed by atoms with Crippen LogP contribution in [0.4, 0.5) is 5.69 Å². The van der Waals surface area contributed by atoms with Crippen molar-refractivity contribution in [3.05, 3.63) is 61.6 Å². The molecule has 0 atom stereocenters. The van der Waals surface area contributed by atoms with Crippen LogP contribution in [0.2, 0.25) is 0 Å². The van der Waals surface area contributed by atoms with E-state index in [9.17, 15) is 9.59 Å². The van der Waals surface area contributed by atoms with Crippen molar-refractivity contribution in [3.63, 3.8) is 0 Å². The molecule has 1 heterocycles. The molecule has 0 aliphatic rings. The van der Waals surface area contributed by atoms with Gasteiger partial charge >= 0.3 is 0 Å². The third kappa shape index (κ3) is 2.98. The van der Waals surface area contributed by atoms with E-state index in [1.54, 1.807) is 25.1 Å². The van der Waals surface area contributed by atoms with E-state index in [1.807, 2.05) is 12.1 Å². The Kier molecular flexibility index (Phi) is 3.81. The number of rotatable bonds is 2.